The van der Waals surface area contributed by atoms with Crippen LogP contribution in [0, 0.1) is 0 Å². The Bertz CT molecular complexity index is 1500. The second-order valence-electron chi connectivity index (χ2n) is 7.83. The molecule has 1 aliphatic carbocycles. The summed E-state index contributed by atoms with van der Waals surface area (Å²) in [6.45, 7) is 0. The highest BCUT2D eigenvalue weighted by Gasteiger charge is 2.24. The van der Waals surface area contributed by atoms with Gasteiger partial charge in [-0.05, 0) is 60.4 Å². The highest BCUT2D eigenvalue weighted by atomic mass is 16.4. The molecule has 6 nitrogen and oxygen atoms in total. The monoisotopic (exact) mass is 437 g/mol. The van der Waals surface area contributed by atoms with Crippen LogP contribution in [0.15, 0.2) is 82.0 Å². The van der Waals surface area contributed by atoms with Gasteiger partial charge in [0.2, 0.25) is 0 Å². The molecule has 0 aliphatic heterocycles. The summed E-state index contributed by atoms with van der Waals surface area (Å²) in [5.41, 5.74) is 3.31. The molecule has 0 bridgehead atoms. The number of hydrogen-bond acceptors (Lipinski definition) is 4. The number of carboxylic acids is 1. The fourth-order valence-electron chi connectivity index (χ4n) is 4.13. The van der Waals surface area contributed by atoms with Crippen LogP contribution in [0.1, 0.15) is 44.0 Å². The summed E-state index contributed by atoms with van der Waals surface area (Å²) in [7, 11) is 0. The Morgan fingerprint density at radius 3 is 2.39 bits per heavy atom. The maximum absolute atomic E-state index is 13.2. The molecule has 3 aromatic carbocycles. The zero-order chi connectivity index (χ0) is 22.9. The van der Waals surface area contributed by atoms with Crippen molar-refractivity contribution in [1.29, 1.82) is 0 Å². The first-order valence-electron chi connectivity index (χ1n) is 10.5. The lowest BCUT2D eigenvalue weighted by Gasteiger charge is -2.09. The van der Waals surface area contributed by atoms with Crippen molar-refractivity contribution in [2.24, 2.45) is 0 Å². The maximum atomic E-state index is 13.2. The Balaban J connectivity index is 1.50. The van der Waals surface area contributed by atoms with E-state index in [4.69, 9.17) is 4.42 Å². The van der Waals surface area contributed by atoms with Crippen molar-refractivity contribution in [3.8, 4) is 0 Å². The van der Waals surface area contributed by atoms with Crippen molar-refractivity contribution >= 4 is 40.2 Å². The van der Waals surface area contributed by atoms with Crippen LogP contribution < -0.4 is 10.7 Å². The molecule has 1 amide bonds. The molecule has 0 radical (unpaired) electrons. The fourth-order valence-corrected chi connectivity index (χ4v) is 4.13. The minimum atomic E-state index is -1.19. The third-order valence-corrected chi connectivity index (χ3v) is 5.72. The van der Waals surface area contributed by atoms with Crippen LogP contribution in [-0.2, 0) is 6.42 Å². The Morgan fingerprint density at radius 2 is 1.64 bits per heavy atom. The van der Waals surface area contributed by atoms with E-state index in [1.54, 1.807) is 30.3 Å². The largest absolute Gasteiger partial charge is 0.478 e. The average molecular weight is 437 g/mol. The number of carboxylic acid groups (broad SMARTS) is 1. The van der Waals surface area contributed by atoms with E-state index in [1.165, 1.54) is 12.1 Å². The number of amides is 1. The van der Waals surface area contributed by atoms with Gasteiger partial charge in [-0.1, -0.05) is 42.5 Å². The van der Waals surface area contributed by atoms with Crippen LogP contribution in [0.5, 0.6) is 0 Å². The molecule has 5 rings (SSSR count). The van der Waals surface area contributed by atoms with Gasteiger partial charge in [0.1, 0.15) is 11.3 Å². The molecule has 1 heterocycles. The number of benzene rings is 3. The first kappa shape index (κ1) is 20.5. The van der Waals surface area contributed by atoms with Crippen LogP contribution in [0.4, 0.5) is 5.69 Å². The van der Waals surface area contributed by atoms with Gasteiger partial charge in [0.05, 0.1) is 16.5 Å². The lowest BCUT2D eigenvalue weighted by Crippen LogP contribution is -2.16. The zero-order valence-electron chi connectivity index (χ0n) is 17.5. The first-order valence-corrected chi connectivity index (χ1v) is 10.5. The number of anilines is 1. The number of rotatable bonds is 4. The van der Waals surface area contributed by atoms with Crippen molar-refractivity contribution in [1.82, 2.24) is 0 Å². The molecule has 1 aliphatic rings. The predicted molar refractivity (Wildman–Crippen MR) is 126 cm³/mol. The number of allylic oxidation sites excluding steroid dienone is 1. The number of fused-ring (bicyclic) bond motifs is 2. The molecule has 4 aromatic rings. The second-order valence-corrected chi connectivity index (χ2v) is 7.83. The standard InChI is InChI=1S/C27H19NO5/c29-24-21-12-10-17(14-16-6-2-1-3-7-16)25(21)33-23-13-11-18(15-22(23)24)28-26(30)19-8-4-5-9-20(19)27(31)32/h1-9,11,13-15H,10,12H2,(H,28,30)(H,31,32). The molecule has 2 N–H and O–H groups in total. The second kappa shape index (κ2) is 8.24. The van der Waals surface area contributed by atoms with E-state index in [2.05, 4.69) is 5.32 Å². The summed E-state index contributed by atoms with van der Waals surface area (Å²) in [5.74, 6) is -1.13. The smallest absolute Gasteiger partial charge is 0.336 e. The van der Waals surface area contributed by atoms with Gasteiger partial charge in [0.15, 0.2) is 5.43 Å². The van der Waals surface area contributed by atoms with Gasteiger partial charge in [0, 0.05) is 11.3 Å². The van der Waals surface area contributed by atoms with Crippen LogP contribution in [-0.4, -0.2) is 17.0 Å². The van der Waals surface area contributed by atoms with Crippen LogP contribution >= 0.6 is 0 Å². The van der Waals surface area contributed by atoms with E-state index >= 15 is 0 Å². The van der Waals surface area contributed by atoms with Crippen molar-refractivity contribution in [2.45, 2.75) is 12.8 Å². The quantitative estimate of drug-likeness (QED) is 0.456. The SMILES string of the molecule is O=C(O)c1ccccc1C(=O)Nc1ccc2oc3c(c(=O)c2c1)CCC3=Cc1ccccc1. The molecule has 162 valence electrons. The van der Waals surface area contributed by atoms with Crippen LogP contribution in [0.25, 0.3) is 22.6 Å². The number of carbonyl (C=O) groups is 2. The van der Waals surface area contributed by atoms with Crippen molar-refractivity contribution in [3.05, 3.63) is 111 Å². The van der Waals surface area contributed by atoms with E-state index in [-0.39, 0.29) is 16.6 Å². The molecule has 33 heavy (non-hydrogen) atoms. The molecule has 6 heteroatoms. The minimum absolute atomic E-state index is 0.0433. The van der Waals surface area contributed by atoms with Crippen molar-refractivity contribution in [2.75, 3.05) is 5.32 Å². The van der Waals surface area contributed by atoms with Gasteiger partial charge in [-0.3, -0.25) is 9.59 Å². The van der Waals surface area contributed by atoms with E-state index in [9.17, 15) is 19.5 Å². The number of nitrogens with one attached hydrogen (secondary N) is 1. The molecule has 0 fully saturated rings. The number of aromatic carboxylic acids is 1. The molecule has 1 aromatic heterocycles. The molecule has 0 spiro atoms. The highest BCUT2D eigenvalue weighted by Crippen LogP contribution is 2.34. The van der Waals surface area contributed by atoms with Gasteiger partial charge in [-0.15, -0.1) is 0 Å². The van der Waals surface area contributed by atoms with Gasteiger partial charge >= 0.3 is 5.97 Å². The van der Waals surface area contributed by atoms with E-state index < -0.39 is 11.9 Å². The number of carbonyl (C=O) groups excluding carboxylic acids is 1. The van der Waals surface area contributed by atoms with Crippen LogP contribution in [0.3, 0.4) is 0 Å². The Hall–Kier alpha value is -4.45. The first-order chi connectivity index (χ1) is 16.0. The van der Waals surface area contributed by atoms with E-state index in [0.717, 1.165) is 17.6 Å². The van der Waals surface area contributed by atoms with Gasteiger partial charge in [0.25, 0.3) is 5.91 Å². The minimum Gasteiger partial charge on any atom is -0.478 e. The summed E-state index contributed by atoms with van der Waals surface area (Å²) in [5, 5.41) is 12.4. The summed E-state index contributed by atoms with van der Waals surface area (Å²) in [4.78, 5) is 37.3. The van der Waals surface area contributed by atoms with Gasteiger partial charge in [-0.2, -0.15) is 0 Å². The third kappa shape index (κ3) is 3.83. The number of hydrogen-bond donors (Lipinski definition) is 2. The summed E-state index contributed by atoms with van der Waals surface area (Å²) >= 11 is 0. The Morgan fingerprint density at radius 1 is 0.909 bits per heavy atom. The molecule has 0 unspecified atom stereocenters. The lowest BCUT2D eigenvalue weighted by atomic mass is 10.1. The summed E-state index contributed by atoms with van der Waals surface area (Å²) in [6.07, 6.45) is 3.35. The highest BCUT2D eigenvalue weighted by molar-refractivity contribution is 6.11. The zero-order valence-corrected chi connectivity index (χ0v) is 17.5. The third-order valence-electron chi connectivity index (χ3n) is 5.72. The lowest BCUT2D eigenvalue weighted by molar-refractivity contribution is 0.0692. The predicted octanol–water partition coefficient (Wildman–Crippen LogP) is 5.23. The Labute approximate surface area is 188 Å². The summed E-state index contributed by atoms with van der Waals surface area (Å²) in [6, 6.07) is 20.7. The molecular formula is C27H19NO5. The fraction of sp³-hybridized carbons (Fsp3) is 0.0741. The molecule has 0 saturated heterocycles. The molecule has 0 saturated carbocycles. The maximum Gasteiger partial charge on any atom is 0.336 e. The van der Waals surface area contributed by atoms with Gasteiger partial charge < -0.3 is 14.8 Å². The van der Waals surface area contributed by atoms with E-state index in [1.807, 2.05) is 36.4 Å². The summed E-state index contributed by atoms with van der Waals surface area (Å²) < 4.78 is 6.11. The van der Waals surface area contributed by atoms with E-state index in [0.29, 0.717) is 34.4 Å². The van der Waals surface area contributed by atoms with Crippen molar-refractivity contribution < 1.29 is 19.1 Å². The molecular weight excluding hydrogens is 418 g/mol. The normalized spacial score (nSPS) is 13.8. The molecule has 0 atom stereocenters. The topological polar surface area (TPSA) is 96.6 Å². The van der Waals surface area contributed by atoms with Crippen molar-refractivity contribution in [3.63, 3.8) is 0 Å². The van der Waals surface area contributed by atoms with Crippen LogP contribution in [0.2, 0.25) is 0 Å². The van der Waals surface area contributed by atoms with Gasteiger partial charge in [-0.25, -0.2) is 4.79 Å². The Kier molecular flexibility index (Phi) is 5.11. The average Bonchev–Trinajstić information content (AvgIpc) is 3.23.